The minimum Gasteiger partial charge on any atom is -0.511 e. The normalized spacial score (nSPS) is 25.4. The van der Waals surface area contributed by atoms with Crippen LogP contribution in [0.15, 0.2) is 119 Å². The van der Waals surface area contributed by atoms with Gasteiger partial charge in [-0.2, -0.15) is 0 Å². The minimum atomic E-state index is 0.109. The number of ketones is 1. The van der Waals surface area contributed by atoms with Crippen molar-refractivity contribution in [2.75, 3.05) is 0 Å². The topological polar surface area (TPSA) is 86.4 Å². The van der Waals surface area contributed by atoms with E-state index in [2.05, 4.69) is 57.8 Å². The molecule has 0 unspecified atom stereocenters. The fourth-order valence-corrected chi connectivity index (χ4v) is 6.74. The van der Waals surface area contributed by atoms with Crippen LogP contribution in [0, 0.1) is 11.8 Å². The number of aliphatic hydroxyl groups excluding tert-OH is 1. The maximum atomic E-state index is 12.0. The van der Waals surface area contributed by atoms with Gasteiger partial charge < -0.3 is 15.2 Å². The summed E-state index contributed by atoms with van der Waals surface area (Å²) >= 11 is 0. The minimum absolute atomic E-state index is 0.109. The van der Waals surface area contributed by atoms with Crippen molar-refractivity contribution in [2.24, 2.45) is 26.8 Å². The standard InChI is InChI=1S/C34H36N4O2/c1-8-21-17(4)25-13-27-19(6)23(11-10-16(3)39)33(37-27)24-12-31(40)32-20(7)28(38-34(24)32)15-30-22(9-2)18(5)26(36-30)14-29(21)35-25/h8,13-15,19,23,37,40H,1,9-12H2,2-7H3/t19-,23-/m0/s1. The highest BCUT2D eigenvalue weighted by Crippen LogP contribution is 2.46. The molecule has 1 fully saturated rings. The van der Waals surface area contributed by atoms with Gasteiger partial charge in [-0.15, -0.1) is 0 Å². The molecule has 0 radical (unpaired) electrons. The van der Waals surface area contributed by atoms with Crippen LogP contribution in [-0.4, -0.2) is 28.0 Å². The van der Waals surface area contributed by atoms with Crippen molar-refractivity contribution >= 4 is 22.9 Å². The highest BCUT2D eigenvalue weighted by Gasteiger charge is 2.41. The molecule has 2 N–H and O–H groups in total. The Bertz CT molecular complexity index is 1660. The van der Waals surface area contributed by atoms with Gasteiger partial charge in [0.2, 0.25) is 0 Å². The number of carbonyl (C=O) groups is 1. The number of nitrogens with one attached hydrogen (secondary N) is 1. The fourth-order valence-electron chi connectivity index (χ4n) is 6.74. The molecule has 0 aromatic rings. The first-order valence-electron chi connectivity index (χ1n) is 14.2. The quantitative estimate of drug-likeness (QED) is 0.392. The summed E-state index contributed by atoms with van der Waals surface area (Å²) in [5.74, 6) is 0.790. The largest absolute Gasteiger partial charge is 0.511 e. The van der Waals surface area contributed by atoms with Crippen LogP contribution in [0.3, 0.4) is 0 Å². The van der Waals surface area contributed by atoms with Gasteiger partial charge in [-0.1, -0.05) is 26.5 Å². The number of hydrogen-bond donors (Lipinski definition) is 2. The van der Waals surface area contributed by atoms with Gasteiger partial charge in [-0.25, -0.2) is 15.0 Å². The monoisotopic (exact) mass is 532 g/mol. The number of Topliss-reactive ketones (excluding diaryl/α,β-unsaturated/α-hetero) is 1. The summed E-state index contributed by atoms with van der Waals surface area (Å²) in [5, 5.41) is 14.9. The first-order chi connectivity index (χ1) is 19.1. The van der Waals surface area contributed by atoms with Crippen LogP contribution in [0.2, 0.25) is 0 Å². The molecule has 0 spiro atoms. The molecule has 5 heterocycles. The zero-order chi connectivity index (χ0) is 28.5. The van der Waals surface area contributed by atoms with E-state index in [1.807, 2.05) is 13.0 Å². The maximum Gasteiger partial charge on any atom is 0.129 e. The van der Waals surface area contributed by atoms with Gasteiger partial charge >= 0.3 is 0 Å². The van der Waals surface area contributed by atoms with Crippen LogP contribution >= 0.6 is 0 Å². The number of allylic oxidation sites excluding steroid dienone is 12. The Kier molecular flexibility index (Phi) is 6.25. The lowest BCUT2D eigenvalue weighted by Crippen LogP contribution is -2.15. The summed E-state index contributed by atoms with van der Waals surface area (Å²) in [5.41, 5.74) is 14.6. The molecule has 0 saturated carbocycles. The van der Waals surface area contributed by atoms with Gasteiger partial charge in [-0.05, 0) is 81.1 Å². The fraction of sp³-hybridized carbons (Fsp3) is 0.353. The second-order valence-corrected chi connectivity index (χ2v) is 11.5. The molecular weight excluding hydrogens is 496 g/mol. The molecule has 5 aliphatic heterocycles. The maximum absolute atomic E-state index is 12.0. The third kappa shape index (κ3) is 3.92. The number of aliphatic imine (C=N–C) groups is 3. The average molecular weight is 533 g/mol. The first-order valence-corrected chi connectivity index (χ1v) is 14.2. The lowest BCUT2D eigenvalue weighted by molar-refractivity contribution is -0.117. The molecule has 1 aliphatic carbocycles. The van der Waals surface area contributed by atoms with Crippen LogP contribution in [0.5, 0.6) is 0 Å². The molecule has 0 aromatic carbocycles. The number of carbonyl (C=O) groups excluding carboxylic acids is 1. The van der Waals surface area contributed by atoms with Crippen molar-refractivity contribution in [3.05, 3.63) is 104 Å². The third-order valence-electron chi connectivity index (χ3n) is 9.11. The zero-order valence-corrected chi connectivity index (χ0v) is 24.2. The van der Waals surface area contributed by atoms with E-state index in [1.165, 1.54) is 5.57 Å². The molecule has 6 nitrogen and oxygen atoms in total. The van der Waals surface area contributed by atoms with E-state index in [4.69, 9.17) is 15.0 Å². The third-order valence-corrected chi connectivity index (χ3v) is 9.11. The molecule has 204 valence electrons. The lowest BCUT2D eigenvalue weighted by Gasteiger charge is -2.17. The second kappa shape index (κ2) is 9.54. The van der Waals surface area contributed by atoms with Gasteiger partial charge in [0.05, 0.1) is 34.2 Å². The Morgan fingerprint density at radius 3 is 2.50 bits per heavy atom. The molecule has 6 rings (SSSR count). The SMILES string of the molecule is C=CC1=C(C)C2=NC1=CC1=NC(=CC3=C(C)C4=C(O)CC(=C5NC(=C2)[C@@H](C)[C@@H]5CCC(C)=O)C4=N3)C(CC)=C1C. The van der Waals surface area contributed by atoms with Gasteiger partial charge in [0.1, 0.15) is 11.5 Å². The first kappa shape index (κ1) is 26.2. The Labute approximate surface area is 236 Å². The summed E-state index contributed by atoms with van der Waals surface area (Å²) in [6.07, 6.45) is 10.7. The van der Waals surface area contributed by atoms with Crippen LogP contribution in [0.4, 0.5) is 0 Å². The smallest absolute Gasteiger partial charge is 0.129 e. The van der Waals surface area contributed by atoms with Crippen molar-refractivity contribution < 1.29 is 9.90 Å². The van der Waals surface area contributed by atoms with E-state index in [-0.39, 0.29) is 17.6 Å². The van der Waals surface area contributed by atoms with E-state index in [1.54, 1.807) is 6.92 Å². The van der Waals surface area contributed by atoms with Crippen molar-refractivity contribution in [1.29, 1.82) is 0 Å². The Morgan fingerprint density at radius 1 is 1.07 bits per heavy atom. The molecule has 0 amide bonds. The number of hydrogen-bond acceptors (Lipinski definition) is 6. The summed E-state index contributed by atoms with van der Waals surface area (Å²) in [6, 6.07) is 0. The van der Waals surface area contributed by atoms with Crippen molar-refractivity contribution in [3.8, 4) is 0 Å². The highest BCUT2D eigenvalue weighted by molar-refractivity contribution is 6.21. The molecule has 2 atom stereocenters. The Hall–Kier alpha value is -4.06. The molecule has 6 heteroatoms. The van der Waals surface area contributed by atoms with E-state index in [0.717, 1.165) is 91.9 Å². The van der Waals surface area contributed by atoms with Crippen LogP contribution in [0.25, 0.3) is 0 Å². The number of fused-ring (bicyclic) bond motifs is 5. The average Bonchev–Trinajstić information content (AvgIpc) is 3.65. The summed E-state index contributed by atoms with van der Waals surface area (Å²) < 4.78 is 0. The predicted molar refractivity (Wildman–Crippen MR) is 162 cm³/mol. The number of rotatable bonds is 5. The van der Waals surface area contributed by atoms with Crippen molar-refractivity contribution in [1.82, 2.24) is 5.32 Å². The van der Waals surface area contributed by atoms with E-state index in [0.29, 0.717) is 18.6 Å². The number of nitrogens with zero attached hydrogens (tertiary/aromatic N) is 3. The summed E-state index contributed by atoms with van der Waals surface area (Å²) in [7, 11) is 0. The van der Waals surface area contributed by atoms with Gasteiger partial charge in [-0.3, -0.25) is 0 Å². The zero-order valence-electron chi connectivity index (χ0n) is 24.2. The van der Waals surface area contributed by atoms with Crippen LogP contribution < -0.4 is 5.32 Å². The lowest BCUT2D eigenvalue weighted by atomic mass is 9.85. The van der Waals surface area contributed by atoms with Gasteiger partial charge in [0.15, 0.2) is 0 Å². The van der Waals surface area contributed by atoms with E-state index >= 15 is 0 Å². The summed E-state index contributed by atoms with van der Waals surface area (Å²) in [4.78, 5) is 27.2. The predicted octanol–water partition coefficient (Wildman–Crippen LogP) is 7.21. The van der Waals surface area contributed by atoms with Crippen LogP contribution in [-0.2, 0) is 4.79 Å². The second-order valence-electron chi connectivity index (χ2n) is 11.5. The molecule has 40 heavy (non-hydrogen) atoms. The molecule has 0 aromatic heterocycles. The summed E-state index contributed by atoms with van der Waals surface area (Å²) in [6.45, 7) is 16.3. The van der Waals surface area contributed by atoms with Crippen molar-refractivity contribution in [2.45, 2.75) is 67.2 Å². The molecular formula is C34H36N4O2. The molecule has 8 bridgehead atoms. The number of aliphatic hydroxyl groups is 1. The Morgan fingerprint density at radius 2 is 1.80 bits per heavy atom. The van der Waals surface area contributed by atoms with Gasteiger partial charge in [0.25, 0.3) is 0 Å². The van der Waals surface area contributed by atoms with Gasteiger partial charge in [0, 0.05) is 52.8 Å². The molecule has 1 saturated heterocycles. The van der Waals surface area contributed by atoms with E-state index < -0.39 is 0 Å². The molecule has 6 aliphatic rings. The van der Waals surface area contributed by atoms with Crippen molar-refractivity contribution in [3.63, 3.8) is 0 Å². The highest BCUT2D eigenvalue weighted by atomic mass is 16.3. The van der Waals surface area contributed by atoms with Crippen LogP contribution in [0.1, 0.15) is 67.2 Å². The van der Waals surface area contributed by atoms with E-state index in [9.17, 15) is 9.90 Å². The Balaban J connectivity index is 1.62.